The third kappa shape index (κ3) is 5.59. The number of hydrogen-bond donors (Lipinski definition) is 2. The number of amides is 1. The average Bonchev–Trinajstić information content (AvgIpc) is 2.74. The topological polar surface area (TPSA) is 64.9 Å². The van der Waals surface area contributed by atoms with E-state index in [1.807, 2.05) is 13.0 Å². The Morgan fingerprint density at radius 3 is 2.55 bits per heavy atom. The van der Waals surface area contributed by atoms with Crippen molar-refractivity contribution in [2.24, 2.45) is 0 Å². The van der Waals surface area contributed by atoms with Crippen LogP contribution in [0.5, 0.6) is 0 Å². The molecule has 2 aromatic rings. The number of nitriles is 1. The van der Waals surface area contributed by atoms with Crippen LogP contribution >= 0.6 is 11.6 Å². The third-order valence-electron chi connectivity index (χ3n) is 5.24. The van der Waals surface area contributed by atoms with Crippen LogP contribution in [0.4, 0.5) is 18.9 Å². The van der Waals surface area contributed by atoms with Gasteiger partial charge in [-0.15, -0.1) is 0 Å². The fourth-order valence-electron chi connectivity index (χ4n) is 3.49. The summed E-state index contributed by atoms with van der Waals surface area (Å²) in [7, 11) is 0. The largest absolute Gasteiger partial charge is 0.417 e. The molecule has 0 saturated heterocycles. The minimum Gasteiger partial charge on any atom is -0.383 e. The fraction of sp³-hybridized carbons (Fsp3) is 0.304. The number of nitrogens with one attached hydrogen (secondary N) is 2. The second-order valence-corrected chi connectivity index (χ2v) is 7.85. The lowest BCUT2D eigenvalue weighted by Gasteiger charge is -2.19. The molecule has 8 heteroatoms. The summed E-state index contributed by atoms with van der Waals surface area (Å²) in [4.78, 5) is 12.4. The molecular formula is C23H21ClF3N3O. The smallest absolute Gasteiger partial charge is 0.383 e. The normalized spacial score (nSPS) is 14.9. The van der Waals surface area contributed by atoms with Crippen LogP contribution in [0, 0.1) is 11.3 Å². The van der Waals surface area contributed by atoms with E-state index in [1.165, 1.54) is 29.8 Å². The molecule has 0 aliphatic heterocycles. The van der Waals surface area contributed by atoms with Gasteiger partial charge in [0, 0.05) is 17.9 Å². The number of nitrogens with zero attached hydrogens (tertiary/aromatic N) is 1. The van der Waals surface area contributed by atoms with Gasteiger partial charge in [0.15, 0.2) is 0 Å². The molecule has 0 spiro atoms. The fourth-order valence-corrected chi connectivity index (χ4v) is 3.72. The Balaban J connectivity index is 1.70. The summed E-state index contributed by atoms with van der Waals surface area (Å²) < 4.78 is 39.0. The van der Waals surface area contributed by atoms with E-state index < -0.39 is 22.7 Å². The van der Waals surface area contributed by atoms with Crippen molar-refractivity contribution < 1.29 is 18.0 Å². The van der Waals surface area contributed by atoms with Gasteiger partial charge in [-0.1, -0.05) is 29.8 Å². The maximum absolute atomic E-state index is 13.0. The highest BCUT2D eigenvalue weighted by atomic mass is 35.5. The van der Waals surface area contributed by atoms with E-state index in [-0.39, 0.29) is 17.3 Å². The SMILES string of the molecule is CC(N/C=C(/C#N)C(=O)Nc1ccc(Cl)c(C(F)(F)F)c1)c1ccc2c(c1)CCCC2. The molecule has 1 aliphatic rings. The molecule has 1 amide bonds. The molecule has 162 valence electrons. The maximum atomic E-state index is 13.0. The van der Waals surface area contributed by atoms with Crippen LogP contribution < -0.4 is 10.6 Å². The second-order valence-electron chi connectivity index (χ2n) is 7.44. The summed E-state index contributed by atoms with van der Waals surface area (Å²) in [5.74, 6) is -0.817. The van der Waals surface area contributed by atoms with E-state index in [2.05, 4.69) is 22.8 Å². The number of aryl methyl sites for hydroxylation is 2. The molecule has 31 heavy (non-hydrogen) atoms. The monoisotopic (exact) mass is 447 g/mol. The van der Waals surface area contributed by atoms with Crippen LogP contribution in [0.25, 0.3) is 0 Å². The lowest BCUT2D eigenvalue weighted by atomic mass is 9.89. The summed E-state index contributed by atoms with van der Waals surface area (Å²) in [6, 6.07) is 10.9. The van der Waals surface area contributed by atoms with Crippen molar-refractivity contribution in [3.63, 3.8) is 0 Å². The molecular weight excluding hydrogens is 427 g/mol. The van der Waals surface area contributed by atoms with Crippen LogP contribution in [-0.4, -0.2) is 5.91 Å². The highest BCUT2D eigenvalue weighted by Crippen LogP contribution is 2.36. The molecule has 1 unspecified atom stereocenters. The Labute approximate surface area is 183 Å². The Hall–Kier alpha value is -2.98. The molecule has 1 atom stereocenters. The Kier molecular flexibility index (Phi) is 6.91. The van der Waals surface area contributed by atoms with E-state index in [9.17, 15) is 23.2 Å². The van der Waals surface area contributed by atoms with Gasteiger partial charge in [-0.05, 0) is 67.5 Å². The van der Waals surface area contributed by atoms with Crippen molar-refractivity contribution in [3.8, 4) is 6.07 Å². The number of hydrogen-bond acceptors (Lipinski definition) is 3. The van der Waals surface area contributed by atoms with E-state index in [0.29, 0.717) is 0 Å². The summed E-state index contributed by atoms with van der Waals surface area (Å²) in [5, 5.41) is 14.2. The number of rotatable bonds is 5. The van der Waals surface area contributed by atoms with Gasteiger partial charge in [-0.25, -0.2) is 0 Å². The standard InChI is InChI=1S/C23H21ClF3N3O/c1-14(16-7-6-15-4-2-3-5-17(15)10-16)29-13-18(12-28)22(31)30-19-8-9-21(24)20(11-19)23(25,26)27/h6-11,13-14,29H,2-5H2,1H3,(H,30,31)/b18-13-. The molecule has 1 aliphatic carbocycles. The number of alkyl halides is 3. The summed E-state index contributed by atoms with van der Waals surface area (Å²) in [6.45, 7) is 1.91. The molecule has 0 fully saturated rings. The van der Waals surface area contributed by atoms with Gasteiger partial charge in [-0.2, -0.15) is 18.4 Å². The van der Waals surface area contributed by atoms with Crippen molar-refractivity contribution in [1.29, 1.82) is 5.26 Å². The van der Waals surface area contributed by atoms with E-state index in [4.69, 9.17) is 11.6 Å². The minimum atomic E-state index is -4.66. The van der Waals surface area contributed by atoms with Gasteiger partial charge in [0.2, 0.25) is 0 Å². The first-order valence-electron chi connectivity index (χ1n) is 9.85. The molecule has 2 aromatic carbocycles. The van der Waals surface area contributed by atoms with Crippen LogP contribution in [0.15, 0.2) is 48.2 Å². The van der Waals surface area contributed by atoms with Gasteiger partial charge in [0.25, 0.3) is 5.91 Å². The molecule has 3 rings (SSSR count). The molecule has 0 bridgehead atoms. The van der Waals surface area contributed by atoms with Gasteiger partial charge < -0.3 is 10.6 Å². The average molecular weight is 448 g/mol. The first-order chi connectivity index (χ1) is 14.7. The molecule has 0 radical (unpaired) electrons. The van der Waals surface area contributed by atoms with Crippen LogP contribution in [0.2, 0.25) is 5.02 Å². The molecule has 4 nitrogen and oxygen atoms in total. The number of carbonyl (C=O) groups is 1. The number of carbonyl (C=O) groups excluding carboxylic acids is 1. The van der Waals surface area contributed by atoms with Gasteiger partial charge in [0.1, 0.15) is 11.6 Å². The number of halogens is 4. The zero-order chi connectivity index (χ0) is 22.6. The Morgan fingerprint density at radius 1 is 1.16 bits per heavy atom. The Morgan fingerprint density at radius 2 is 1.87 bits per heavy atom. The maximum Gasteiger partial charge on any atom is 0.417 e. The summed E-state index contributed by atoms with van der Waals surface area (Å²) in [5.41, 5.74) is 2.29. The van der Waals surface area contributed by atoms with Gasteiger partial charge in [0.05, 0.1) is 10.6 Å². The van der Waals surface area contributed by atoms with E-state index in [1.54, 1.807) is 6.07 Å². The lowest BCUT2D eigenvalue weighted by Crippen LogP contribution is -2.19. The molecule has 0 aromatic heterocycles. The van der Waals surface area contributed by atoms with Crippen molar-refractivity contribution in [2.45, 2.75) is 44.8 Å². The van der Waals surface area contributed by atoms with E-state index >= 15 is 0 Å². The number of benzene rings is 2. The van der Waals surface area contributed by atoms with E-state index in [0.717, 1.165) is 37.0 Å². The summed E-state index contributed by atoms with van der Waals surface area (Å²) in [6.07, 6.45) is 1.10. The van der Waals surface area contributed by atoms with Crippen LogP contribution in [0.3, 0.4) is 0 Å². The van der Waals surface area contributed by atoms with Crippen LogP contribution in [-0.2, 0) is 23.8 Å². The first kappa shape index (κ1) is 22.7. The lowest BCUT2D eigenvalue weighted by molar-refractivity contribution is -0.137. The highest BCUT2D eigenvalue weighted by molar-refractivity contribution is 6.31. The Bertz CT molecular complexity index is 1060. The van der Waals surface area contributed by atoms with Crippen molar-refractivity contribution in [3.05, 3.63) is 75.4 Å². The molecule has 0 saturated carbocycles. The number of anilines is 1. The van der Waals surface area contributed by atoms with Crippen LogP contribution in [0.1, 0.15) is 48.1 Å². The predicted octanol–water partition coefficient (Wildman–Crippen LogP) is 5.93. The first-order valence-corrected chi connectivity index (χ1v) is 10.2. The van der Waals surface area contributed by atoms with Crippen molar-refractivity contribution in [2.75, 3.05) is 5.32 Å². The zero-order valence-electron chi connectivity index (χ0n) is 16.8. The quantitative estimate of drug-likeness (QED) is 0.440. The zero-order valence-corrected chi connectivity index (χ0v) is 17.6. The molecule has 2 N–H and O–H groups in total. The second kappa shape index (κ2) is 9.44. The van der Waals surface area contributed by atoms with Gasteiger partial charge in [-0.3, -0.25) is 4.79 Å². The van der Waals surface area contributed by atoms with Crippen molar-refractivity contribution in [1.82, 2.24) is 5.32 Å². The van der Waals surface area contributed by atoms with Gasteiger partial charge >= 0.3 is 6.18 Å². The minimum absolute atomic E-state index is 0.106. The highest BCUT2D eigenvalue weighted by Gasteiger charge is 2.33. The predicted molar refractivity (Wildman–Crippen MR) is 113 cm³/mol. The number of fused-ring (bicyclic) bond motifs is 1. The third-order valence-corrected chi connectivity index (χ3v) is 5.57. The molecule has 0 heterocycles. The summed E-state index contributed by atoms with van der Waals surface area (Å²) >= 11 is 5.59. The van der Waals surface area contributed by atoms with Crippen molar-refractivity contribution >= 4 is 23.2 Å².